The normalized spacial score (nSPS) is 15.5. The minimum Gasteiger partial charge on any atom is -0.435 e. The van der Waals surface area contributed by atoms with Crippen LogP contribution in [0.2, 0.25) is 0 Å². The van der Waals surface area contributed by atoms with Crippen LogP contribution < -0.4 is 0 Å². The SMILES string of the molecule is Cc1ccc(Cn2nc(-c3nc4c(o3)C=CCC(C3=CC=CCC=C3F)=C4)cc2C)cc1. The van der Waals surface area contributed by atoms with Crippen molar-refractivity contribution in [2.24, 2.45) is 0 Å². The van der Waals surface area contributed by atoms with Gasteiger partial charge in [0, 0.05) is 11.3 Å². The lowest BCUT2D eigenvalue weighted by Crippen LogP contribution is -2.03. The number of hydrogen-bond donors (Lipinski definition) is 0. The number of rotatable bonds is 4. The molecule has 0 spiro atoms. The lowest BCUT2D eigenvalue weighted by atomic mass is 10.0. The minimum absolute atomic E-state index is 0.202. The van der Waals surface area contributed by atoms with Gasteiger partial charge in [-0.1, -0.05) is 54.1 Å². The van der Waals surface area contributed by atoms with Crippen LogP contribution in [-0.2, 0) is 6.54 Å². The van der Waals surface area contributed by atoms with Crippen LogP contribution in [0.15, 0.2) is 82.1 Å². The molecule has 3 aromatic rings. The molecule has 0 radical (unpaired) electrons. The summed E-state index contributed by atoms with van der Waals surface area (Å²) in [5.41, 5.74) is 6.31. The molecule has 2 aliphatic rings. The fourth-order valence-electron chi connectivity index (χ4n) is 3.89. The van der Waals surface area contributed by atoms with E-state index >= 15 is 0 Å². The first-order valence-electron chi connectivity index (χ1n) is 10.8. The molecule has 0 aliphatic heterocycles. The lowest BCUT2D eigenvalue weighted by molar-refractivity contribution is 0.558. The van der Waals surface area contributed by atoms with Gasteiger partial charge < -0.3 is 4.42 Å². The Hall–Kier alpha value is -3.73. The van der Waals surface area contributed by atoms with E-state index in [1.807, 2.05) is 54.1 Å². The zero-order chi connectivity index (χ0) is 22.1. The van der Waals surface area contributed by atoms with Crippen LogP contribution in [0, 0.1) is 13.8 Å². The summed E-state index contributed by atoms with van der Waals surface area (Å²) >= 11 is 0. The molecule has 0 fully saturated rings. The van der Waals surface area contributed by atoms with Gasteiger partial charge in [0.05, 0.1) is 6.54 Å². The topological polar surface area (TPSA) is 43.9 Å². The van der Waals surface area contributed by atoms with E-state index in [2.05, 4.69) is 31.2 Å². The predicted molar refractivity (Wildman–Crippen MR) is 125 cm³/mol. The molecular formula is C27H24FN3O. The van der Waals surface area contributed by atoms with Gasteiger partial charge in [0.25, 0.3) is 0 Å². The first-order valence-corrected chi connectivity index (χ1v) is 10.8. The second kappa shape index (κ2) is 8.42. The zero-order valence-electron chi connectivity index (χ0n) is 18.2. The zero-order valence-corrected chi connectivity index (χ0v) is 18.2. The number of halogens is 1. The molecule has 0 saturated heterocycles. The van der Waals surface area contributed by atoms with Crippen LogP contribution in [0.1, 0.15) is 41.1 Å². The highest BCUT2D eigenvalue weighted by Crippen LogP contribution is 2.33. The lowest BCUT2D eigenvalue weighted by Gasteiger charge is -2.06. The van der Waals surface area contributed by atoms with Crippen LogP contribution in [-0.4, -0.2) is 14.8 Å². The summed E-state index contributed by atoms with van der Waals surface area (Å²) in [7, 11) is 0. The maximum absolute atomic E-state index is 14.6. The fraction of sp³-hybridized carbons (Fsp3) is 0.185. The van der Waals surface area contributed by atoms with Crippen molar-refractivity contribution in [3.63, 3.8) is 0 Å². The minimum atomic E-state index is -0.202. The third-order valence-electron chi connectivity index (χ3n) is 5.69. The molecule has 0 bridgehead atoms. The molecule has 32 heavy (non-hydrogen) atoms. The van der Waals surface area contributed by atoms with Crippen LogP contribution >= 0.6 is 0 Å². The Labute approximate surface area is 186 Å². The Morgan fingerprint density at radius 1 is 1.12 bits per heavy atom. The Bertz CT molecular complexity index is 1310. The average Bonchev–Trinajstić information content (AvgIpc) is 3.19. The fourth-order valence-corrected chi connectivity index (χ4v) is 3.89. The second-order valence-electron chi connectivity index (χ2n) is 8.16. The molecule has 2 aromatic heterocycles. The predicted octanol–water partition coefficient (Wildman–Crippen LogP) is 6.74. The van der Waals surface area contributed by atoms with E-state index in [0.29, 0.717) is 48.0 Å². The quantitative estimate of drug-likeness (QED) is 0.465. The number of hydrogen-bond acceptors (Lipinski definition) is 3. The number of fused-ring (bicyclic) bond motifs is 1. The van der Waals surface area contributed by atoms with Gasteiger partial charge in [0.15, 0.2) is 5.76 Å². The Morgan fingerprint density at radius 2 is 1.97 bits per heavy atom. The third-order valence-corrected chi connectivity index (χ3v) is 5.69. The highest BCUT2D eigenvalue weighted by Gasteiger charge is 2.19. The number of allylic oxidation sites excluding steroid dienone is 8. The van der Waals surface area contributed by atoms with E-state index in [4.69, 9.17) is 14.5 Å². The molecule has 2 aliphatic carbocycles. The first-order chi connectivity index (χ1) is 15.6. The number of aromatic nitrogens is 3. The van der Waals surface area contributed by atoms with E-state index in [1.54, 1.807) is 6.08 Å². The van der Waals surface area contributed by atoms with Crippen molar-refractivity contribution in [2.75, 3.05) is 0 Å². The van der Waals surface area contributed by atoms with Gasteiger partial charge in [-0.3, -0.25) is 4.68 Å². The third kappa shape index (κ3) is 4.06. The van der Waals surface area contributed by atoms with Crippen LogP contribution in [0.25, 0.3) is 23.7 Å². The summed E-state index contributed by atoms with van der Waals surface area (Å²) in [5.74, 6) is 0.927. The summed E-state index contributed by atoms with van der Waals surface area (Å²) in [6.07, 6.45) is 14.3. The van der Waals surface area contributed by atoms with Crippen molar-refractivity contribution in [2.45, 2.75) is 33.2 Å². The highest BCUT2D eigenvalue weighted by molar-refractivity contribution is 5.70. The molecule has 0 N–H and O–H groups in total. The van der Waals surface area contributed by atoms with Crippen molar-refractivity contribution >= 4 is 12.2 Å². The number of benzene rings is 1. The monoisotopic (exact) mass is 425 g/mol. The Morgan fingerprint density at radius 3 is 2.81 bits per heavy atom. The number of aryl methyl sites for hydroxylation is 2. The molecule has 0 atom stereocenters. The van der Waals surface area contributed by atoms with Crippen LogP contribution in [0.3, 0.4) is 0 Å². The summed E-state index contributed by atoms with van der Waals surface area (Å²) in [6, 6.07) is 10.4. The highest BCUT2D eigenvalue weighted by atomic mass is 19.1. The van der Waals surface area contributed by atoms with Crippen molar-refractivity contribution in [1.29, 1.82) is 0 Å². The number of oxazole rings is 1. The Kier molecular flexibility index (Phi) is 5.31. The van der Waals surface area contributed by atoms with Crippen molar-refractivity contribution in [3.05, 3.63) is 106 Å². The van der Waals surface area contributed by atoms with Crippen molar-refractivity contribution in [1.82, 2.24) is 14.8 Å². The van der Waals surface area contributed by atoms with Gasteiger partial charge in [-0.05, 0) is 62.1 Å². The molecule has 5 rings (SSSR count). The molecule has 4 nitrogen and oxygen atoms in total. The van der Waals surface area contributed by atoms with Crippen molar-refractivity contribution < 1.29 is 8.81 Å². The molecule has 160 valence electrons. The number of nitrogens with zero attached hydrogens (tertiary/aromatic N) is 3. The van der Waals surface area contributed by atoms with Gasteiger partial charge in [-0.2, -0.15) is 5.10 Å². The molecule has 0 unspecified atom stereocenters. The van der Waals surface area contributed by atoms with E-state index in [1.165, 1.54) is 11.1 Å². The standard InChI is InChI=1S/C27H24FN3O/c1-18-11-13-20(14-12-18)17-31-19(2)15-25(30-31)27-29-24-16-21(7-6-10-26(24)32-27)22-8-4-3-5-9-23(22)28/h3-4,6,8-16H,5,7,17H2,1-2H3. The second-order valence-corrected chi connectivity index (χ2v) is 8.16. The summed E-state index contributed by atoms with van der Waals surface area (Å²) in [4.78, 5) is 4.69. The van der Waals surface area contributed by atoms with Gasteiger partial charge in [0.2, 0.25) is 5.89 Å². The maximum atomic E-state index is 14.6. The smallest absolute Gasteiger partial charge is 0.248 e. The maximum Gasteiger partial charge on any atom is 0.248 e. The van der Waals surface area contributed by atoms with E-state index in [-0.39, 0.29) is 5.83 Å². The van der Waals surface area contributed by atoms with E-state index in [0.717, 1.165) is 11.3 Å². The molecule has 0 saturated carbocycles. The van der Waals surface area contributed by atoms with Crippen LogP contribution in [0.5, 0.6) is 0 Å². The first kappa shape index (κ1) is 20.2. The van der Waals surface area contributed by atoms with E-state index in [9.17, 15) is 4.39 Å². The summed E-state index contributed by atoms with van der Waals surface area (Å²) in [6.45, 7) is 4.79. The molecule has 1 aromatic carbocycles. The van der Waals surface area contributed by atoms with Crippen molar-refractivity contribution in [3.8, 4) is 11.6 Å². The van der Waals surface area contributed by atoms with Gasteiger partial charge >= 0.3 is 0 Å². The average molecular weight is 426 g/mol. The molecule has 2 heterocycles. The van der Waals surface area contributed by atoms with Crippen LogP contribution in [0.4, 0.5) is 4.39 Å². The Balaban J connectivity index is 1.45. The molecular weight excluding hydrogens is 401 g/mol. The van der Waals surface area contributed by atoms with Gasteiger partial charge in [0.1, 0.15) is 17.2 Å². The van der Waals surface area contributed by atoms with Gasteiger partial charge in [-0.25, -0.2) is 9.37 Å². The van der Waals surface area contributed by atoms with E-state index < -0.39 is 0 Å². The largest absolute Gasteiger partial charge is 0.435 e. The molecule has 5 heteroatoms. The van der Waals surface area contributed by atoms with Gasteiger partial charge in [-0.15, -0.1) is 0 Å². The molecule has 0 amide bonds. The summed E-state index contributed by atoms with van der Waals surface area (Å²) < 4.78 is 22.5. The summed E-state index contributed by atoms with van der Waals surface area (Å²) in [5, 5.41) is 4.72.